The molecule has 0 radical (unpaired) electrons. The van der Waals surface area contributed by atoms with Gasteiger partial charge >= 0.3 is 6.98 Å². The Morgan fingerprint density at radius 3 is 1.93 bits per heavy atom. The molecule has 0 unspecified atom stereocenters. The zero-order valence-electron chi connectivity index (χ0n) is 7.15. The highest BCUT2D eigenvalue weighted by atomic mass is 35.5. The van der Waals surface area contributed by atoms with Crippen LogP contribution in [-0.2, 0) is 0 Å². The van der Waals surface area contributed by atoms with Crippen molar-refractivity contribution in [2.75, 3.05) is 0 Å². The minimum absolute atomic E-state index is 0.0832. The molecule has 0 aromatic heterocycles. The summed E-state index contributed by atoms with van der Waals surface area (Å²) < 4.78 is 48.5. The Kier molecular flexibility index (Phi) is 3.68. The minimum atomic E-state index is -5.02. The molecule has 7 heteroatoms. The molecule has 0 N–H and O–H groups in total. The third kappa shape index (κ3) is 3.76. The average molecular weight is 258 g/mol. The van der Waals surface area contributed by atoms with E-state index in [2.05, 4.69) is 0 Å². The lowest BCUT2D eigenvalue weighted by Crippen LogP contribution is -2.09. The van der Waals surface area contributed by atoms with Gasteiger partial charge in [-0.15, -0.1) is 5.98 Å². The second-order valence-corrected chi connectivity index (χ2v) is 3.60. The Morgan fingerprint density at radius 2 is 1.53 bits per heavy atom. The van der Waals surface area contributed by atoms with E-state index in [1.165, 1.54) is 0 Å². The maximum Gasteiger partial charge on any atom is 0.502 e. The molecular formula is C8H4BCl2F4-. The van der Waals surface area contributed by atoms with E-state index in [9.17, 15) is 17.3 Å². The van der Waals surface area contributed by atoms with Gasteiger partial charge in [0.1, 0.15) is 0 Å². The van der Waals surface area contributed by atoms with Crippen LogP contribution >= 0.6 is 23.2 Å². The maximum atomic E-state index is 12.9. The highest BCUT2D eigenvalue weighted by Gasteiger charge is 2.17. The number of hydrogen-bond acceptors (Lipinski definition) is 0. The topological polar surface area (TPSA) is 0 Å². The van der Waals surface area contributed by atoms with Crippen molar-refractivity contribution in [1.29, 1.82) is 0 Å². The summed E-state index contributed by atoms with van der Waals surface area (Å²) in [5, 5.41) is -0.617. The van der Waals surface area contributed by atoms with Gasteiger partial charge in [0.2, 0.25) is 0 Å². The van der Waals surface area contributed by atoms with E-state index in [0.29, 0.717) is 0 Å². The molecule has 0 atom stereocenters. The first-order chi connectivity index (χ1) is 6.79. The average Bonchev–Trinajstić information content (AvgIpc) is 2.09. The SMILES string of the molecule is Fc1c(Cl)cc(/C=C/[B-](F)(F)F)cc1Cl. The van der Waals surface area contributed by atoms with Crippen LogP contribution < -0.4 is 0 Å². The smallest absolute Gasteiger partial charge is 0.445 e. The van der Waals surface area contributed by atoms with Gasteiger partial charge in [-0.2, -0.15) is 0 Å². The fourth-order valence-corrected chi connectivity index (χ4v) is 1.40. The molecular weight excluding hydrogens is 254 g/mol. The summed E-state index contributed by atoms with van der Waals surface area (Å²) in [6.07, 6.45) is 0.789. The van der Waals surface area contributed by atoms with Crippen molar-refractivity contribution >= 4 is 36.3 Å². The summed E-state index contributed by atoms with van der Waals surface area (Å²) in [4.78, 5) is 0. The zero-order chi connectivity index (χ0) is 11.6. The first kappa shape index (κ1) is 12.4. The minimum Gasteiger partial charge on any atom is -0.445 e. The second-order valence-electron chi connectivity index (χ2n) is 2.78. The van der Waals surface area contributed by atoms with Crippen molar-refractivity contribution in [1.82, 2.24) is 0 Å². The van der Waals surface area contributed by atoms with Crippen molar-refractivity contribution in [2.45, 2.75) is 0 Å². The molecule has 0 bridgehead atoms. The summed E-state index contributed by atoms with van der Waals surface area (Å²) in [5.74, 6) is -0.757. The van der Waals surface area contributed by atoms with Crippen molar-refractivity contribution in [3.63, 3.8) is 0 Å². The van der Waals surface area contributed by atoms with Crippen LogP contribution in [0.25, 0.3) is 6.08 Å². The van der Waals surface area contributed by atoms with Gasteiger partial charge in [0.15, 0.2) is 5.82 Å². The monoisotopic (exact) mass is 257 g/mol. The molecule has 0 nitrogen and oxygen atoms in total. The molecule has 0 saturated carbocycles. The molecule has 1 rings (SSSR count). The molecule has 0 heterocycles. The Balaban J connectivity index is 3.03. The highest BCUT2D eigenvalue weighted by Crippen LogP contribution is 2.25. The molecule has 0 fully saturated rings. The summed E-state index contributed by atoms with van der Waals surface area (Å²) in [5.41, 5.74) is 0.102. The Bertz CT molecular complexity index is 377. The van der Waals surface area contributed by atoms with Crippen molar-refractivity contribution < 1.29 is 17.3 Å². The molecule has 0 amide bonds. The van der Waals surface area contributed by atoms with Gasteiger partial charge in [-0.1, -0.05) is 29.3 Å². The molecule has 82 valence electrons. The largest absolute Gasteiger partial charge is 0.502 e. The molecule has 1 aromatic rings. The summed E-state index contributed by atoms with van der Waals surface area (Å²) >= 11 is 10.8. The van der Waals surface area contributed by atoms with Gasteiger partial charge < -0.3 is 12.9 Å². The normalized spacial score (nSPS) is 12.4. The Hall–Kier alpha value is -0.675. The van der Waals surface area contributed by atoms with E-state index in [1.807, 2.05) is 0 Å². The van der Waals surface area contributed by atoms with Crippen LogP contribution in [0.1, 0.15) is 5.56 Å². The lowest BCUT2D eigenvalue weighted by Gasteiger charge is -2.06. The molecule has 0 aliphatic heterocycles. The number of halogens is 6. The fraction of sp³-hybridized carbons (Fsp3) is 0. The van der Waals surface area contributed by atoms with Crippen molar-refractivity contribution in [3.8, 4) is 0 Å². The third-order valence-electron chi connectivity index (χ3n) is 1.51. The molecule has 0 saturated heterocycles. The highest BCUT2D eigenvalue weighted by molar-refractivity contribution is 6.64. The van der Waals surface area contributed by atoms with Crippen LogP contribution in [0.4, 0.5) is 17.3 Å². The van der Waals surface area contributed by atoms with Gasteiger partial charge in [0.05, 0.1) is 10.0 Å². The van der Waals surface area contributed by atoms with Crippen LogP contribution in [0.15, 0.2) is 18.1 Å². The molecule has 15 heavy (non-hydrogen) atoms. The van der Waals surface area contributed by atoms with Gasteiger partial charge in [0.25, 0.3) is 0 Å². The van der Waals surface area contributed by atoms with Gasteiger partial charge in [-0.3, -0.25) is 0 Å². The fourth-order valence-electron chi connectivity index (χ4n) is 0.892. The Morgan fingerprint density at radius 1 is 1.07 bits per heavy atom. The summed E-state index contributed by atoms with van der Waals surface area (Å²) in [6.45, 7) is -5.02. The summed E-state index contributed by atoms with van der Waals surface area (Å²) in [6, 6.07) is 2.14. The predicted molar refractivity (Wildman–Crippen MR) is 54.5 cm³/mol. The number of benzene rings is 1. The van der Waals surface area contributed by atoms with Crippen LogP contribution in [0.2, 0.25) is 10.0 Å². The van der Waals surface area contributed by atoms with Crippen molar-refractivity contribution in [3.05, 3.63) is 39.5 Å². The standard InChI is InChI=1S/C8H4BCl2F4/c10-6-3-5(1-2-9(13,14)15)4-7(11)8(6)12/h1-4H/q-1/b2-1+. The molecule has 1 aromatic carbocycles. The zero-order valence-corrected chi connectivity index (χ0v) is 8.67. The van der Waals surface area contributed by atoms with Crippen LogP contribution in [-0.4, -0.2) is 6.98 Å². The van der Waals surface area contributed by atoms with E-state index in [4.69, 9.17) is 23.2 Å². The van der Waals surface area contributed by atoms with Crippen molar-refractivity contribution in [2.24, 2.45) is 0 Å². The van der Waals surface area contributed by atoms with E-state index < -0.39 is 12.8 Å². The second kappa shape index (κ2) is 4.45. The molecule has 0 spiro atoms. The number of hydrogen-bond donors (Lipinski definition) is 0. The van der Waals surface area contributed by atoms with Gasteiger partial charge in [-0.25, -0.2) is 4.39 Å². The molecule has 0 aliphatic carbocycles. The van der Waals surface area contributed by atoms with Crippen LogP contribution in [0, 0.1) is 5.82 Å². The lowest BCUT2D eigenvalue weighted by molar-refractivity contribution is 0.499. The van der Waals surface area contributed by atoms with E-state index in [-0.39, 0.29) is 21.6 Å². The van der Waals surface area contributed by atoms with Crippen LogP contribution in [0.3, 0.4) is 0 Å². The van der Waals surface area contributed by atoms with E-state index in [0.717, 1.165) is 18.2 Å². The Labute approximate surface area is 93.5 Å². The lowest BCUT2D eigenvalue weighted by atomic mass is 9.91. The van der Waals surface area contributed by atoms with Crippen LogP contribution in [0.5, 0.6) is 0 Å². The van der Waals surface area contributed by atoms with Gasteiger partial charge in [-0.05, 0) is 17.7 Å². The quantitative estimate of drug-likeness (QED) is 0.415. The maximum absolute atomic E-state index is 12.9. The van der Waals surface area contributed by atoms with E-state index in [1.54, 1.807) is 0 Å². The molecule has 0 aliphatic rings. The van der Waals surface area contributed by atoms with E-state index >= 15 is 0 Å². The van der Waals surface area contributed by atoms with Gasteiger partial charge in [0, 0.05) is 0 Å². The predicted octanol–water partition coefficient (Wildman–Crippen LogP) is 4.53. The first-order valence-corrected chi connectivity index (χ1v) is 4.59. The summed E-state index contributed by atoms with van der Waals surface area (Å²) in [7, 11) is 0. The third-order valence-corrected chi connectivity index (χ3v) is 2.06. The first-order valence-electron chi connectivity index (χ1n) is 3.83. The number of rotatable bonds is 2.